The van der Waals surface area contributed by atoms with E-state index >= 15 is 0 Å². The number of aryl methyl sites for hydroxylation is 1. The average Bonchev–Trinajstić information content (AvgIpc) is 2.87. The highest BCUT2D eigenvalue weighted by atomic mass is 16.2. The molecule has 2 heterocycles. The first-order chi connectivity index (χ1) is 10.6. The van der Waals surface area contributed by atoms with Crippen molar-refractivity contribution in [3.63, 3.8) is 0 Å². The first-order valence-electron chi connectivity index (χ1n) is 8.08. The fourth-order valence-electron chi connectivity index (χ4n) is 2.69. The van der Waals surface area contributed by atoms with Gasteiger partial charge in [0.1, 0.15) is 5.65 Å². The predicted molar refractivity (Wildman–Crippen MR) is 86.4 cm³/mol. The molecule has 7 nitrogen and oxygen atoms in total. The molecule has 0 spiro atoms. The Morgan fingerprint density at radius 1 is 0.818 bits per heavy atom. The third-order valence-corrected chi connectivity index (χ3v) is 3.91. The van der Waals surface area contributed by atoms with E-state index in [9.17, 15) is 14.4 Å². The van der Waals surface area contributed by atoms with Crippen LogP contribution in [0.3, 0.4) is 0 Å². The molecule has 0 aromatic carbocycles. The Bertz CT molecular complexity index is 765. The number of rotatable bonds is 9. The Labute approximate surface area is 127 Å². The van der Waals surface area contributed by atoms with Crippen LogP contribution in [0.15, 0.2) is 14.4 Å². The normalized spacial score (nSPS) is 11.3. The van der Waals surface area contributed by atoms with E-state index in [2.05, 4.69) is 21.9 Å². The third kappa shape index (κ3) is 3.99. The molecule has 0 saturated heterocycles. The van der Waals surface area contributed by atoms with E-state index in [1.54, 1.807) is 0 Å². The fourth-order valence-corrected chi connectivity index (χ4v) is 2.69. The number of hydrogen-bond acceptors (Lipinski definition) is 3. The average molecular weight is 308 g/mol. The zero-order valence-electron chi connectivity index (χ0n) is 13.0. The second kappa shape index (κ2) is 7.82. The summed E-state index contributed by atoms with van der Waals surface area (Å²) in [5, 5.41) is 0. The first kappa shape index (κ1) is 16.3. The van der Waals surface area contributed by atoms with Crippen molar-refractivity contribution in [1.29, 1.82) is 0 Å². The van der Waals surface area contributed by atoms with Crippen LogP contribution in [0.5, 0.6) is 0 Å². The Balaban J connectivity index is 1.91. The zero-order valence-corrected chi connectivity index (χ0v) is 13.0. The summed E-state index contributed by atoms with van der Waals surface area (Å²) in [5.41, 5.74) is -1.11. The first-order valence-corrected chi connectivity index (χ1v) is 8.08. The van der Waals surface area contributed by atoms with Gasteiger partial charge in [0.25, 0.3) is 5.56 Å². The van der Waals surface area contributed by atoms with Crippen LogP contribution in [0.25, 0.3) is 11.2 Å². The highest BCUT2D eigenvalue weighted by Gasteiger charge is 2.10. The van der Waals surface area contributed by atoms with E-state index in [1.165, 1.54) is 36.7 Å². The van der Waals surface area contributed by atoms with Crippen molar-refractivity contribution < 1.29 is 0 Å². The van der Waals surface area contributed by atoms with Gasteiger partial charge in [-0.05, 0) is 6.42 Å². The summed E-state index contributed by atoms with van der Waals surface area (Å²) in [5.74, 6) is 0. The maximum absolute atomic E-state index is 11.9. The number of aromatic amines is 3. The van der Waals surface area contributed by atoms with Crippen LogP contribution < -0.4 is 16.9 Å². The molecule has 0 fully saturated rings. The van der Waals surface area contributed by atoms with Crippen molar-refractivity contribution in [3.05, 3.63) is 31.3 Å². The molecule has 0 saturated carbocycles. The quantitative estimate of drug-likeness (QED) is 0.616. The van der Waals surface area contributed by atoms with E-state index in [0.717, 1.165) is 19.3 Å². The van der Waals surface area contributed by atoms with Gasteiger partial charge in [-0.15, -0.1) is 0 Å². The molecule has 0 aliphatic heterocycles. The molecule has 7 heteroatoms. The molecular weight excluding hydrogens is 284 g/mol. The maximum Gasteiger partial charge on any atom is 0.330 e. The van der Waals surface area contributed by atoms with Gasteiger partial charge in [0.05, 0.1) is 0 Å². The molecular formula is C15H24N4O3. The summed E-state index contributed by atoms with van der Waals surface area (Å²) in [7, 11) is 0. The number of unbranched alkanes of at least 4 members (excludes halogenated alkanes) is 7. The maximum atomic E-state index is 11.9. The Kier molecular flexibility index (Phi) is 5.80. The minimum Gasteiger partial charge on any atom is -0.300 e. The largest absolute Gasteiger partial charge is 0.330 e. The van der Waals surface area contributed by atoms with Crippen LogP contribution in [0, 0.1) is 0 Å². The van der Waals surface area contributed by atoms with E-state index < -0.39 is 16.9 Å². The molecule has 0 radical (unpaired) electrons. The van der Waals surface area contributed by atoms with Crippen molar-refractivity contribution in [2.24, 2.45) is 0 Å². The van der Waals surface area contributed by atoms with Gasteiger partial charge in [0.2, 0.25) is 0 Å². The van der Waals surface area contributed by atoms with Crippen molar-refractivity contribution in [2.45, 2.75) is 64.8 Å². The van der Waals surface area contributed by atoms with Crippen LogP contribution in [-0.4, -0.2) is 19.5 Å². The van der Waals surface area contributed by atoms with Crippen molar-refractivity contribution in [1.82, 2.24) is 19.5 Å². The SMILES string of the molecule is CCCCCCCCCCn1c(=O)[nH]c(=O)c2[nH]c(=O)[nH]c21. The van der Waals surface area contributed by atoms with Gasteiger partial charge >= 0.3 is 11.4 Å². The van der Waals surface area contributed by atoms with Crippen molar-refractivity contribution >= 4 is 11.2 Å². The topological polar surface area (TPSA) is 104 Å². The van der Waals surface area contributed by atoms with Gasteiger partial charge < -0.3 is 0 Å². The van der Waals surface area contributed by atoms with Gasteiger partial charge in [-0.3, -0.25) is 24.3 Å². The summed E-state index contributed by atoms with van der Waals surface area (Å²) in [6, 6.07) is 0. The number of nitrogens with one attached hydrogen (secondary N) is 3. The number of aromatic nitrogens is 4. The van der Waals surface area contributed by atoms with Crippen LogP contribution in [0.4, 0.5) is 0 Å². The molecule has 0 aliphatic rings. The lowest BCUT2D eigenvalue weighted by molar-refractivity contribution is 0.538. The summed E-state index contributed by atoms with van der Waals surface area (Å²) < 4.78 is 1.42. The Morgan fingerprint density at radius 3 is 2.14 bits per heavy atom. The minimum atomic E-state index is -0.564. The van der Waals surface area contributed by atoms with Gasteiger partial charge in [-0.2, -0.15) is 0 Å². The number of nitrogens with zero attached hydrogens (tertiary/aromatic N) is 1. The lowest BCUT2D eigenvalue weighted by Crippen LogP contribution is -2.30. The minimum absolute atomic E-state index is 0.129. The third-order valence-electron chi connectivity index (χ3n) is 3.91. The standard InChI is InChI=1S/C15H24N4O3/c1-2-3-4-5-6-7-8-9-10-19-12-11(16-14(21)17-12)13(20)18-15(19)22/h2-10H2,1H3,(H2,16,17,21)(H,18,20,22). The molecule has 2 aromatic rings. The predicted octanol–water partition coefficient (Wildman–Crippen LogP) is 1.85. The smallest absolute Gasteiger partial charge is 0.300 e. The van der Waals surface area contributed by atoms with Crippen molar-refractivity contribution in [3.8, 4) is 0 Å². The lowest BCUT2D eigenvalue weighted by atomic mass is 10.1. The zero-order chi connectivity index (χ0) is 15.9. The van der Waals surface area contributed by atoms with Gasteiger partial charge in [0.15, 0.2) is 5.52 Å². The van der Waals surface area contributed by atoms with Crippen LogP contribution in [-0.2, 0) is 6.54 Å². The molecule has 0 bridgehead atoms. The Morgan fingerprint density at radius 2 is 1.45 bits per heavy atom. The molecule has 0 amide bonds. The fraction of sp³-hybridized carbons (Fsp3) is 0.667. The highest BCUT2D eigenvalue weighted by Crippen LogP contribution is 2.09. The van der Waals surface area contributed by atoms with E-state index in [4.69, 9.17) is 0 Å². The summed E-state index contributed by atoms with van der Waals surface area (Å²) in [6.07, 6.45) is 9.36. The summed E-state index contributed by atoms with van der Waals surface area (Å²) in [4.78, 5) is 42.0. The van der Waals surface area contributed by atoms with Crippen LogP contribution in [0.1, 0.15) is 58.3 Å². The molecule has 2 rings (SSSR count). The van der Waals surface area contributed by atoms with Gasteiger partial charge in [-0.25, -0.2) is 9.59 Å². The number of imidazole rings is 1. The molecule has 0 aliphatic carbocycles. The van der Waals surface area contributed by atoms with E-state index in [1.807, 2.05) is 0 Å². The second-order valence-electron chi connectivity index (χ2n) is 5.69. The second-order valence-corrected chi connectivity index (χ2v) is 5.69. The summed E-state index contributed by atoms with van der Waals surface area (Å²) >= 11 is 0. The van der Waals surface area contributed by atoms with Gasteiger partial charge in [0, 0.05) is 6.54 Å². The molecule has 22 heavy (non-hydrogen) atoms. The molecule has 3 N–H and O–H groups in total. The molecule has 2 aromatic heterocycles. The van der Waals surface area contributed by atoms with E-state index in [-0.39, 0.29) is 11.2 Å². The summed E-state index contributed by atoms with van der Waals surface area (Å²) in [6.45, 7) is 2.70. The number of H-pyrrole nitrogens is 3. The molecule has 0 unspecified atom stereocenters. The van der Waals surface area contributed by atoms with Crippen LogP contribution >= 0.6 is 0 Å². The molecule has 0 atom stereocenters. The monoisotopic (exact) mass is 308 g/mol. The lowest BCUT2D eigenvalue weighted by Gasteiger charge is -2.06. The van der Waals surface area contributed by atoms with Crippen molar-refractivity contribution in [2.75, 3.05) is 0 Å². The van der Waals surface area contributed by atoms with E-state index in [0.29, 0.717) is 6.54 Å². The highest BCUT2D eigenvalue weighted by molar-refractivity contribution is 5.68. The number of fused-ring (bicyclic) bond motifs is 1. The van der Waals surface area contributed by atoms with Gasteiger partial charge in [-0.1, -0.05) is 51.9 Å². The van der Waals surface area contributed by atoms with Crippen LogP contribution in [0.2, 0.25) is 0 Å². The molecule has 122 valence electrons. The Hall–Kier alpha value is -2.05. The number of hydrogen-bond donors (Lipinski definition) is 3.